The Bertz CT molecular complexity index is 674. The summed E-state index contributed by atoms with van der Waals surface area (Å²) in [6.45, 7) is 1.66. The van der Waals surface area contributed by atoms with Gasteiger partial charge in [-0.05, 0) is 31.2 Å². The zero-order valence-corrected chi connectivity index (χ0v) is 11.6. The Morgan fingerprint density at radius 1 is 1.25 bits per heavy atom. The summed E-state index contributed by atoms with van der Waals surface area (Å²) in [7, 11) is 3.87. The lowest BCUT2D eigenvalue weighted by atomic mass is 10.2. The first-order valence-corrected chi connectivity index (χ1v) is 6.12. The molecule has 6 heteroatoms. The van der Waals surface area contributed by atoms with Crippen molar-refractivity contribution in [3.8, 4) is 0 Å². The predicted octanol–water partition coefficient (Wildman–Crippen LogP) is 1.40. The van der Waals surface area contributed by atoms with E-state index in [9.17, 15) is 9.59 Å². The van der Waals surface area contributed by atoms with Gasteiger partial charge in [0, 0.05) is 31.7 Å². The van der Waals surface area contributed by atoms with Crippen molar-refractivity contribution in [2.75, 3.05) is 24.3 Å². The van der Waals surface area contributed by atoms with E-state index in [1.807, 2.05) is 31.1 Å². The molecule has 1 amide bonds. The van der Waals surface area contributed by atoms with Gasteiger partial charge < -0.3 is 15.2 Å². The second-order valence-corrected chi connectivity index (χ2v) is 4.61. The van der Waals surface area contributed by atoms with E-state index < -0.39 is 11.5 Å². The van der Waals surface area contributed by atoms with Crippen molar-refractivity contribution in [2.24, 2.45) is 0 Å². The molecule has 0 saturated heterocycles. The van der Waals surface area contributed by atoms with Gasteiger partial charge in [0.25, 0.3) is 11.5 Å². The minimum absolute atomic E-state index is 0.00714. The number of carbonyl (C=O) groups is 1. The minimum Gasteiger partial charge on any atom is -0.378 e. The van der Waals surface area contributed by atoms with Crippen LogP contribution >= 0.6 is 0 Å². The topological polar surface area (TPSA) is 78.1 Å². The number of aromatic nitrogens is 2. The zero-order chi connectivity index (χ0) is 14.7. The van der Waals surface area contributed by atoms with E-state index in [1.165, 1.54) is 6.20 Å². The quantitative estimate of drug-likeness (QED) is 0.885. The molecule has 0 radical (unpaired) electrons. The molecule has 0 fully saturated rings. The van der Waals surface area contributed by atoms with Gasteiger partial charge >= 0.3 is 0 Å². The number of benzene rings is 1. The number of nitrogens with zero attached hydrogens (tertiary/aromatic N) is 2. The Hall–Kier alpha value is -2.63. The molecule has 0 aliphatic heterocycles. The van der Waals surface area contributed by atoms with Gasteiger partial charge in [-0.3, -0.25) is 9.59 Å². The molecule has 1 aromatic carbocycles. The molecule has 0 unspecified atom stereocenters. The molecule has 0 atom stereocenters. The molecule has 0 saturated carbocycles. The van der Waals surface area contributed by atoms with Crippen LogP contribution in [0.15, 0.2) is 35.3 Å². The van der Waals surface area contributed by atoms with E-state index >= 15 is 0 Å². The summed E-state index contributed by atoms with van der Waals surface area (Å²) in [4.78, 5) is 32.0. The third kappa shape index (κ3) is 3.03. The van der Waals surface area contributed by atoms with Crippen molar-refractivity contribution < 1.29 is 4.79 Å². The number of nitrogens with one attached hydrogen (secondary N) is 2. The van der Waals surface area contributed by atoms with E-state index in [-0.39, 0.29) is 5.56 Å². The first kappa shape index (κ1) is 13.8. The Morgan fingerprint density at radius 3 is 2.45 bits per heavy atom. The molecular weight excluding hydrogens is 256 g/mol. The molecule has 20 heavy (non-hydrogen) atoms. The number of aromatic amines is 1. The highest BCUT2D eigenvalue weighted by molar-refractivity contribution is 6.03. The smallest absolute Gasteiger partial charge is 0.263 e. The second kappa shape index (κ2) is 5.56. The number of hydrogen-bond acceptors (Lipinski definition) is 4. The average Bonchev–Trinajstić information content (AvgIpc) is 2.39. The van der Waals surface area contributed by atoms with Crippen molar-refractivity contribution in [2.45, 2.75) is 6.92 Å². The number of hydrogen-bond donors (Lipinski definition) is 2. The maximum absolute atomic E-state index is 12.0. The summed E-state index contributed by atoms with van der Waals surface area (Å²) in [6, 6.07) is 7.33. The number of H-pyrrole nitrogens is 1. The van der Waals surface area contributed by atoms with Crippen LogP contribution in [0.2, 0.25) is 0 Å². The van der Waals surface area contributed by atoms with Crippen LogP contribution in [0.3, 0.4) is 0 Å². The monoisotopic (exact) mass is 272 g/mol. The van der Waals surface area contributed by atoms with Crippen molar-refractivity contribution >= 4 is 17.3 Å². The molecule has 0 aliphatic rings. The summed E-state index contributed by atoms with van der Waals surface area (Å²) in [6.07, 6.45) is 1.28. The second-order valence-electron chi connectivity index (χ2n) is 4.61. The molecule has 2 rings (SSSR count). The highest BCUT2D eigenvalue weighted by Crippen LogP contribution is 2.15. The largest absolute Gasteiger partial charge is 0.378 e. The predicted molar refractivity (Wildman–Crippen MR) is 78.3 cm³/mol. The minimum atomic E-state index is -0.476. The van der Waals surface area contributed by atoms with Crippen LogP contribution in [0, 0.1) is 6.92 Å². The lowest BCUT2D eigenvalue weighted by molar-refractivity contribution is 0.102. The maximum Gasteiger partial charge on any atom is 0.263 e. The van der Waals surface area contributed by atoms with Crippen LogP contribution in [-0.4, -0.2) is 30.0 Å². The summed E-state index contributed by atoms with van der Waals surface area (Å²) >= 11 is 0. The fourth-order valence-corrected chi connectivity index (χ4v) is 1.69. The van der Waals surface area contributed by atoms with Gasteiger partial charge in [-0.25, -0.2) is 4.98 Å². The van der Waals surface area contributed by atoms with Gasteiger partial charge in [-0.2, -0.15) is 0 Å². The lowest BCUT2D eigenvalue weighted by Crippen LogP contribution is -2.24. The molecule has 6 nitrogen and oxygen atoms in total. The van der Waals surface area contributed by atoms with Crippen molar-refractivity contribution in [1.82, 2.24) is 9.97 Å². The highest BCUT2D eigenvalue weighted by atomic mass is 16.2. The average molecular weight is 272 g/mol. The van der Waals surface area contributed by atoms with Gasteiger partial charge in [-0.1, -0.05) is 0 Å². The van der Waals surface area contributed by atoms with Gasteiger partial charge in [0.05, 0.1) is 0 Å². The summed E-state index contributed by atoms with van der Waals surface area (Å²) in [5.74, 6) is -0.00163. The standard InChI is InChI=1S/C14H16N4O2/c1-9-15-8-12(13(19)16-9)14(20)17-10-4-6-11(7-5-10)18(2)3/h4-8H,1-3H3,(H,17,20)(H,15,16,19). The number of rotatable bonds is 3. The summed E-state index contributed by atoms with van der Waals surface area (Å²) < 4.78 is 0. The van der Waals surface area contributed by atoms with Gasteiger partial charge in [0.15, 0.2) is 0 Å². The van der Waals surface area contributed by atoms with E-state index in [2.05, 4.69) is 15.3 Å². The molecule has 0 aliphatic carbocycles. The van der Waals surface area contributed by atoms with Crippen molar-refractivity contribution in [1.29, 1.82) is 0 Å². The third-order valence-electron chi connectivity index (χ3n) is 2.81. The summed E-state index contributed by atoms with van der Waals surface area (Å²) in [5.41, 5.74) is 1.20. The first-order valence-electron chi connectivity index (χ1n) is 6.12. The van der Waals surface area contributed by atoms with E-state index in [0.29, 0.717) is 11.5 Å². The molecule has 2 N–H and O–H groups in total. The Kier molecular flexibility index (Phi) is 3.84. The van der Waals surface area contributed by atoms with E-state index in [4.69, 9.17) is 0 Å². The number of amides is 1. The Labute approximate surface area is 116 Å². The van der Waals surface area contributed by atoms with E-state index in [1.54, 1.807) is 19.1 Å². The maximum atomic E-state index is 12.0. The molecule has 2 aromatic rings. The third-order valence-corrected chi connectivity index (χ3v) is 2.81. The molecule has 104 valence electrons. The van der Waals surface area contributed by atoms with Gasteiger partial charge in [0.2, 0.25) is 0 Å². The van der Waals surface area contributed by atoms with E-state index in [0.717, 1.165) is 5.69 Å². The lowest BCUT2D eigenvalue weighted by Gasteiger charge is -2.12. The van der Waals surface area contributed by atoms with Crippen LogP contribution in [0.4, 0.5) is 11.4 Å². The fourth-order valence-electron chi connectivity index (χ4n) is 1.69. The van der Waals surface area contributed by atoms with Crippen LogP contribution in [0.1, 0.15) is 16.2 Å². The number of carbonyl (C=O) groups excluding carboxylic acids is 1. The van der Waals surface area contributed by atoms with Gasteiger partial charge in [0.1, 0.15) is 11.4 Å². The number of anilines is 2. The SMILES string of the molecule is Cc1ncc(C(=O)Nc2ccc(N(C)C)cc2)c(=O)[nH]1. The van der Waals surface area contributed by atoms with Crippen LogP contribution in [-0.2, 0) is 0 Å². The highest BCUT2D eigenvalue weighted by Gasteiger charge is 2.11. The molecule has 1 heterocycles. The Balaban J connectivity index is 2.17. The zero-order valence-electron chi connectivity index (χ0n) is 11.6. The fraction of sp³-hybridized carbons (Fsp3) is 0.214. The van der Waals surface area contributed by atoms with Gasteiger partial charge in [-0.15, -0.1) is 0 Å². The van der Waals surface area contributed by atoms with Crippen LogP contribution in [0.25, 0.3) is 0 Å². The van der Waals surface area contributed by atoms with Crippen LogP contribution in [0.5, 0.6) is 0 Å². The normalized spacial score (nSPS) is 10.2. The summed E-state index contributed by atoms with van der Waals surface area (Å²) in [5, 5.41) is 2.67. The molecule has 0 bridgehead atoms. The Morgan fingerprint density at radius 2 is 1.90 bits per heavy atom. The number of aryl methyl sites for hydroxylation is 1. The van der Waals surface area contributed by atoms with Crippen molar-refractivity contribution in [3.05, 3.63) is 52.2 Å². The molecule has 0 spiro atoms. The van der Waals surface area contributed by atoms with Crippen LogP contribution < -0.4 is 15.8 Å². The van der Waals surface area contributed by atoms with Crippen molar-refractivity contribution in [3.63, 3.8) is 0 Å². The first-order chi connectivity index (χ1) is 9.47. The molecular formula is C14H16N4O2. The molecule has 1 aromatic heterocycles.